The van der Waals surface area contributed by atoms with E-state index in [1.54, 1.807) is 0 Å². The lowest BCUT2D eigenvalue weighted by Crippen LogP contribution is -2.17. The van der Waals surface area contributed by atoms with E-state index in [4.69, 9.17) is 10.2 Å². The lowest BCUT2D eigenvalue weighted by molar-refractivity contribution is -0.118. The largest absolute Gasteiger partial charge is 0.403 e. The van der Waals surface area contributed by atoms with E-state index in [-0.39, 0.29) is 24.1 Å². The number of rotatable bonds is 10. The fourth-order valence-electron chi connectivity index (χ4n) is 2.65. The van der Waals surface area contributed by atoms with E-state index >= 15 is 0 Å². The third-order valence-electron chi connectivity index (χ3n) is 3.96. The molecule has 2 aromatic heterocycles. The summed E-state index contributed by atoms with van der Waals surface area (Å²) in [5.41, 5.74) is 6.00. The molecule has 0 aliphatic rings. The van der Waals surface area contributed by atoms with Gasteiger partial charge >= 0.3 is 6.01 Å². The normalized spacial score (nSPS) is 11.0. The molecule has 11 heteroatoms. The number of nitrogens with zero attached hydrogens (tertiary/aromatic N) is 5. The van der Waals surface area contributed by atoms with Crippen LogP contribution in [0, 0.1) is 5.92 Å². The Morgan fingerprint density at radius 1 is 1.17 bits per heavy atom. The van der Waals surface area contributed by atoms with Crippen LogP contribution >= 0.6 is 11.8 Å². The van der Waals surface area contributed by atoms with Crippen LogP contribution in [-0.2, 0) is 22.6 Å². The molecule has 0 unspecified atom stereocenters. The van der Waals surface area contributed by atoms with Crippen LogP contribution < -0.4 is 11.1 Å². The third kappa shape index (κ3) is 5.89. The predicted molar refractivity (Wildman–Crippen MR) is 111 cm³/mol. The molecule has 158 valence electrons. The van der Waals surface area contributed by atoms with Gasteiger partial charge in [-0.1, -0.05) is 48.9 Å². The smallest absolute Gasteiger partial charge is 0.322 e. The first-order valence-electron chi connectivity index (χ1n) is 9.44. The molecule has 0 saturated carbocycles. The predicted octanol–water partition coefficient (Wildman–Crippen LogP) is 2.13. The summed E-state index contributed by atoms with van der Waals surface area (Å²) in [6, 6.07) is 9.32. The van der Waals surface area contributed by atoms with E-state index in [1.807, 2.05) is 34.9 Å². The average molecular weight is 430 g/mol. The van der Waals surface area contributed by atoms with Gasteiger partial charge in [-0.15, -0.1) is 15.3 Å². The van der Waals surface area contributed by atoms with E-state index in [2.05, 4.69) is 39.6 Å². The van der Waals surface area contributed by atoms with E-state index in [1.165, 1.54) is 11.8 Å². The molecular formula is C19H23N7O3S. The molecule has 0 saturated heterocycles. The first kappa shape index (κ1) is 21.5. The maximum atomic E-state index is 12.3. The highest BCUT2D eigenvalue weighted by atomic mass is 32.2. The van der Waals surface area contributed by atoms with Crippen molar-refractivity contribution in [2.75, 3.05) is 11.1 Å². The minimum absolute atomic E-state index is 0.0326. The Kier molecular flexibility index (Phi) is 7.17. The molecule has 1 aromatic carbocycles. The Morgan fingerprint density at radius 3 is 2.63 bits per heavy atom. The molecule has 3 N–H and O–H groups in total. The van der Waals surface area contributed by atoms with Crippen LogP contribution in [0.5, 0.6) is 0 Å². The van der Waals surface area contributed by atoms with Crippen molar-refractivity contribution in [2.24, 2.45) is 11.7 Å². The van der Waals surface area contributed by atoms with Gasteiger partial charge < -0.3 is 14.7 Å². The molecule has 0 bridgehead atoms. The van der Waals surface area contributed by atoms with Crippen LogP contribution in [0.4, 0.5) is 6.01 Å². The monoisotopic (exact) mass is 429 g/mol. The first-order valence-corrected chi connectivity index (χ1v) is 10.4. The number of aromatic nitrogens is 5. The summed E-state index contributed by atoms with van der Waals surface area (Å²) in [6.45, 7) is 4.81. The standard InChI is InChI=1S/C19H23N7O3S/c1-12(2)10-26-15(9-8-14(20)27)22-25-19(26)30-11-16(28)21-18-24-23-17(29-18)13-6-4-3-5-7-13/h3-7,12H,8-11H2,1-2H3,(H2,20,27)(H,21,24,28). The Hall–Kier alpha value is -3.21. The molecule has 0 fully saturated rings. The number of hydrogen-bond acceptors (Lipinski definition) is 8. The number of primary amides is 1. The molecule has 2 amide bonds. The molecule has 2 heterocycles. The zero-order chi connectivity index (χ0) is 21.5. The minimum atomic E-state index is -0.392. The number of amides is 2. The summed E-state index contributed by atoms with van der Waals surface area (Å²) >= 11 is 1.25. The zero-order valence-electron chi connectivity index (χ0n) is 16.7. The highest BCUT2D eigenvalue weighted by Crippen LogP contribution is 2.21. The van der Waals surface area contributed by atoms with Gasteiger partial charge in [0.1, 0.15) is 5.82 Å². The fourth-order valence-corrected chi connectivity index (χ4v) is 3.42. The van der Waals surface area contributed by atoms with Crippen molar-refractivity contribution < 1.29 is 14.0 Å². The number of benzene rings is 1. The van der Waals surface area contributed by atoms with Gasteiger partial charge in [0.15, 0.2) is 5.16 Å². The van der Waals surface area contributed by atoms with E-state index in [9.17, 15) is 9.59 Å². The first-order chi connectivity index (χ1) is 14.4. The number of hydrogen-bond donors (Lipinski definition) is 2. The zero-order valence-corrected chi connectivity index (χ0v) is 17.6. The molecule has 0 atom stereocenters. The number of nitrogens with one attached hydrogen (secondary N) is 1. The van der Waals surface area contributed by atoms with Crippen molar-refractivity contribution in [3.05, 3.63) is 36.2 Å². The molecule has 0 aliphatic carbocycles. The molecule has 3 rings (SSSR count). The van der Waals surface area contributed by atoms with E-state index < -0.39 is 5.91 Å². The van der Waals surface area contributed by atoms with Gasteiger partial charge in [-0.2, -0.15) is 0 Å². The second-order valence-electron chi connectivity index (χ2n) is 6.98. The lowest BCUT2D eigenvalue weighted by atomic mass is 10.2. The number of carbonyl (C=O) groups is 2. The van der Waals surface area contributed by atoms with E-state index in [0.29, 0.717) is 35.8 Å². The Labute approximate surface area is 177 Å². The molecule has 10 nitrogen and oxygen atoms in total. The number of anilines is 1. The topological polar surface area (TPSA) is 142 Å². The van der Waals surface area contributed by atoms with Gasteiger partial charge in [0.25, 0.3) is 0 Å². The van der Waals surface area contributed by atoms with Crippen LogP contribution in [0.3, 0.4) is 0 Å². The summed E-state index contributed by atoms with van der Waals surface area (Å²) in [5, 5.41) is 19.3. The van der Waals surface area contributed by atoms with Crippen LogP contribution in [-0.4, -0.2) is 42.5 Å². The van der Waals surface area contributed by atoms with Gasteiger partial charge in [-0.05, 0) is 18.1 Å². The number of thioether (sulfide) groups is 1. The summed E-state index contributed by atoms with van der Waals surface area (Å²) in [5.74, 6) is 0.744. The average Bonchev–Trinajstić information content (AvgIpc) is 3.32. The molecular weight excluding hydrogens is 406 g/mol. The minimum Gasteiger partial charge on any atom is -0.403 e. The van der Waals surface area contributed by atoms with Crippen molar-refractivity contribution in [2.45, 2.75) is 38.4 Å². The summed E-state index contributed by atoms with van der Waals surface area (Å²) in [6.07, 6.45) is 0.606. The van der Waals surface area contributed by atoms with Gasteiger partial charge in [0, 0.05) is 24.9 Å². The SMILES string of the molecule is CC(C)Cn1c(CCC(N)=O)nnc1SCC(=O)Nc1nnc(-c2ccccc2)o1. The summed E-state index contributed by atoms with van der Waals surface area (Å²) in [4.78, 5) is 23.4. The van der Waals surface area contributed by atoms with Crippen LogP contribution in [0.15, 0.2) is 39.9 Å². The van der Waals surface area contributed by atoms with Crippen molar-refractivity contribution in [1.82, 2.24) is 25.0 Å². The van der Waals surface area contributed by atoms with Crippen LogP contribution in [0.1, 0.15) is 26.1 Å². The third-order valence-corrected chi connectivity index (χ3v) is 4.93. The molecule has 3 aromatic rings. The molecule has 0 spiro atoms. The molecule has 0 aliphatic heterocycles. The van der Waals surface area contributed by atoms with Gasteiger partial charge in [0.2, 0.25) is 17.7 Å². The van der Waals surface area contributed by atoms with Gasteiger partial charge in [-0.3, -0.25) is 14.9 Å². The van der Waals surface area contributed by atoms with Crippen LogP contribution in [0.2, 0.25) is 0 Å². The van der Waals surface area contributed by atoms with Gasteiger partial charge in [-0.25, -0.2) is 0 Å². The van der Waals surface area contributed by atoms with E-state index in [0.717, 1.165) is 5.56 Å². The van der Waals surface area contributed by atoms with Gasteiger partial charge in [0.05, 0.1) is 5.75 Å². The molecule has 0 radical (unpaired) electrons. The number of aryl methyl sites for hydroxylation is 1. The highest BCUT2D eigenvalue weighted by molar-refractivity contribution is 7.99. The van der Waals surface area contributed by atoms with Crippen LogP contribution in [0.25, 0.3) is 11.5 Å². The highest BCUT2D eigenvalue weighted by Gasteiger charge is 2.17. The molecule has 30 heavy (non-hydrogen) atoms. The Morgan fingerprint density at radius 2 is 1.93 bits per heavy atom. The Balaban J connectivity index is 1.60. The number of nitrogens with two attached hydrogens (primary N) is 1. The summed E-state index contributed by atoms with van der Waals surface area (Å²) in [7, 11) is 0. The number of carbonyl (C=O) groups excluding carboxylic acids is 2. The van der Waals surface area contributed by atoms with Crippen molar-refractivity contribution in [3.8, 4) is 11.5 Å². The maximum Gasteiger partial charge on any atom is 0.322 e. The van der Waals surface area contributed by atoms with Crippen molar-refractivity contribution in [3.63, 3.8) is 0 Å². The maximum absolute atomic E-state index is 12.3. The second-order valence-corrected chi connectivity index (χ2v) is 7.93. The second kappa shape index (κ2) is 10.0. The van der Waals surface area contributed by atoms with Crippen molar-refractivity contribution >= 4 is 29.6 Å². The van der Waals surface area contributed by atoms with Crippen molar-refractivity contribution in [1.29, 1.82) is 0 Å². The fraction of sp³-hybridized carbons (Fsp3) is 0.368. The quantitative estimate of drug-likeness (QED) is 0.467. The summed E-state index contributed by atoms with van der Waals surface area (Å²) < 4.78 is 7.41. The lowest BCUT2D eigenvalue weighted by Gasteiger charge is -2.12. The Bertz CT molecular complexity index is 1000.